The highest BCUT2D eigenvalue weighted by atomic mass is 16.4. The van der Waals surface area contributed by atoms with Crippen molar-refractivity contribution >= 4 is 12.0 Å². The third kappa shape index (κ3) is 2.79. The van der Waals surface area contributed by atoms with Crippen LogP contribution in [-0.2, 0) is 4.79 Å². The third-order valence-corrected chi connectivity index (χ3v) is 1.64. The molecule has 0 amide bonds. The van der Waals surface area contributed by atoms with Crippen molar-refractivity contribution < 1.29 is 15.0 Å². The Hall–Kier alpha value is -2.03. The van der Waals surface area contributed by atoms with E-state index in [-0.39, 0.29) is 11.3 Å². The molecular formula is C11H10O3. The van der Waals surface area contributed by atoms with Gasteiger partial charge >= 0.3 is 5.97 Å². The first-order valence-electron chi connectivity index (χ1n) is 3.99. The molecule has 0 spiro atoms. The Morgan fingerprint density at radius 3 is 2.36 bits per heavy atom. The normalized spacial score (nSPS) is 10.3. The standard InChI is InChI=1S/C11H10O3/c1-8(11(13)14)2-3-9-4-6-10(12)7-5-9/h2-7,12H,1H2,(H,13,14). The quantitative estimate of drug-likeness (QED) is 0.566. The van der Waals surface area contributed by atoms with Gasteiger partial charge in [-0.05, 0) is 23.8 Å². The molecule has 0 saturated heterocycles. The van der Waals surface area contributed by atoms with Crippen LogP contribution in [0.4, 0.5) is 0 Å². The molecule has 1 rings (SSSR count). The maximum Gasteiger partial charge on any atom is 0.335 e. The van der Waals surface area contributed by atoms with Crippen molar-refractivity contribution in [3.63, 3.8) is 0 Å². The van der Waals surface area contributed by atoms with Gasteiger partial charge in [-0.3, -0.25) is 0 Å². The van der Waals surface area contributed by atoms with E-state index in [0.29, 0.717) is 0 Å². The molecule has 72 valence electrons. The SMILES string of the molecule is C=C(C=Cc1ccc(O)cc1)C(=O)O. The Morgan fingerprint density at radius 2 is 1.86 bits per heavy atom. The molecule has 0 aliphatic heterocycles. The summed E-state index contributed by atoms with van der Waals surface area (Å²) in [5.74, 6) is -0.862. The molecule has 0 heterocycles. The van der Waals surface area contributed by atoms with Gasteiger partial charge in [0.1, 0.15) is 5.75 Å². The minimum absolute atomic E-state index is 0.0260. The maximum atomic E-state index is 10.4. The van der Waals surface area contributed by atoms with Crippen LogP contribution in [0.15, 0.2) is 42.5 Å². The van der Waals surface area contributed by atoms with Gasteiger partial charge in [-0.15, -0.1) is 0 Å². The van der Waals surface area contributed by atoms with E-state index in [9.17, 15) is 4.79 Å². The smallest absolute Gasteiger partial charge is 0.335 e. The van der Waals surface area contributed by atoms with E-state index in [1.54, 1.807) is 18.2 Å². The zero-order valence-corrected chi connectivity index (χ0v) is 7.47. The van der Waals surface area contributed by atoms with Gasteiger partial charge < -0.3 is 10.2 Å². The van der Waals surface area contributed by atoms with Gasteiger partial charge in [0.15, 0.2) is 0 Å². The summed E-state index contributed by atoms with van der Waals surface area (Å²) in [6.07, 6.45) is 3.03. The molecule has 1 aromatic carbocycles. The Balaban J connectivity index is 2.74. The van der Waals surface area contributed by atoms with Crippen molar-refractivity contribution in [1.29, 1.82) is 0 Å². The van der Waals surface area contributed by atoms with Crippen LogP contribution < -0.4 is 0 Å². The van der Waals surface area contributed by atoms with Crippen LogP contribution in [0.25, 0.3) is 6.08 Å². The second-order valence-electron chi connectivity index (χ2n) is 2.76. The number of carboxylic acids is 1. The number of phenols is 1. The molecule has 0 radical (unpaired) electrons. The van der Waals surface area contributed by atoms with Gasteiger partial charge in [-0.25, -0.2) is 4.79 Å². The molecular weight excluding hydrogens is 180 g/mol. The average Bonchev–Trinajstić information content (AvgIpc) is 2.16. The van der Waals surface area contributed by atoms with E-state index in [1.807, 2.05) is 0 Å². The van der Waals surface area contributed by atoms with Crippen LogP contribution in [0, 0.1) is 0 Å². The Labute approximate surface area is 81.6 Å². The molecule has 0 unspecified atom stereocenters. The van der Waals surface area contributed by atoms with Crippen LogP contribution in [0.3, 0.4) is 0 Å². The third-order valence-electron chi connectivity index (χ3n) is 1.64. The second kappa shape index (κ2) is 4.28. The summed E-state index contributed by atoms with van der Waals surface area (Å²) >= 11 is 0. The highest BCUT2D eigenvalue weighted by molar-refractivity contribution is 5.90. The van der Waals surface area contributed by atoms with Crippen molar-refractivity contribution in [2.45, 2.75) is 0 Å². The van der Waals surface area contributed by atoms with Gasteiger partial charge in [-0.1, -0.05) is 24.8 Å². The lowest BCUT2D eigenvalue weighted by Crippen LogP contribution is -1.94. The highest BCUT2D eigenvalue weighted by Crippen LogP contribution is 2.11. The van der Waals surface area contributed by atoms with E-state index < -0.39 is 5.97 Å². The summed E-state index contributed by atoms with van der Waals surface area (Å²) in [5.41, 5.74) is 0.836. The van der Waals surface area contributed by atoms with Crippen molar-refractivity contribution in [3.8, 4) is 5.75 Å². The summed E-state index contributed by atoms with van der Waals surface area (Å²) < 4.78 is 0. The van der Waals surface area contributed by atoms with Crippen molar-refractivity contribution in [2.24, 2.45) is 0 Å². The molecule has 2 N–H and O–H groups in total. The predicted molar refractivity (Wildman–Crippen MR) is 53.9 cm³/mol. The van der Waals surface area contributed by atoms with Crippen LogP contribution in [0.2, 0.25) is 0 Å². The molecule has 3 nitrogen and oxygen atoms in total. The second-order valence-corrected chi connectivity index (χ2v) is 2.76. The van der Waals surface area contributed by atoms with Crippen molar-refractivity contribution in [2.75, 3.05) is 0 Å². The van der Waals surface area contributed by atoms with E-state index in [1.165, 1.54) is 18.2 Å². The van der Waals surface area contributed by atoms with Crippen LogP contribution in [-0.4, -0.2) is 16.2 Å². The van der Waals surface area contributed by atoms with Gasteiger partial charge in [0, 0.05) is 0 Å². The maximum absolute atomic E-state index is 10.4. The Bertz CT molecular complexity index is 374. The van der Waals surface area contributed by atoms with E-state index in [4.69, 9.17) is 10.2 Å². The van der Waals surface area contributed by atoms with E-state index in [0.717, 1.165) is 5.56 Å². The first-order valence-corrected chi connectivity index (χ1v) is 3.99. The lowest BCUT2D eigenvalue weighted by atomic mass is 10.1. The molecule has 0 aliphatic rings. The van der Waals surface area contributed by atoms with Crippen molar-refractivity contribution in [1.82, 2.24) is 0 Å². The molecule has 3 heteroatoms. The fourth-order valence-corrected chi connectivity index (χ4v) is 0.854. The molecule has 0 atom stereocenters. The molecule has 0 aliphatic carbocycles. The number of hydrogen-bond donors (Lipinski definition) is 2. The molecule has 0 aromatic heterocycles. The summed E-state index contributed by atoms with van der Waals surface area (Å²) in [5, 5.41) is 17.5. The summed E-state index contributed by atoms with van der Waals surface area (Å²) in [6, 6.07) is 6.42. The number of benzene rings is 1. The van der Waals surface area contributed by atoms with Gasteiger partial charge in [-0.2, -0.15) is 0 Å². The zero-order valence-electron chi connectivity index (χ0n) is 7.47. The number of aliphatic carboxylic acids is 1. The summed E-state index contributed by atoms with van der Waals surface area (Å²) in [4.78, 5) is 10.4. The first-order chi connectivity index (χ1) is 6.59. The fraction of sp³-hybridized carbons (Fsp3) is 0. The number of phenolic OH excluding ortho intramolecular Hbond substituents is 1. The number of hydrogen-bond acceptors (Lipinski definition) is 2. The molecule has 1 aromatic rings. The monoisotopic (exact) mass is 190 g/mol. The molecule has 0 fully saturated rings. The first kappa shape index (κ1) is 10.1. The predicted octanol–water partition coefficient (Wildman–Crippen LogP) is 2.05. The fourth-order valence-electron chi connectivity index (χ4n) is 0.854. The zero-order chi connectivity index (χ0) is 10.6. The van der Waals surface area contributed by atoms with E-state index >= 15 is 0 Å². The van der Waals surface area contributed by atoms with Gasteiger partial charge in [0.25, 0.3) is 0 Å². The van der Waals surface area contributed by atoms with Gasteiger partial charge in [0.05, 0.1) is 5.57 Å². The molecule has 0 bridgehead atoms. The molecule has 0 saturated carbocycles. The topological polar surface area (TPSA) is 57.5 Å². The lowest BCUT2D eigenvalue weighted by Gasteiger charge is -1.94. The summed E-state index contributed by atoms with van der Waals surface area (Å²) in [6.45, 7) is 3.35. The minimum Gasteiger partial charge on any atom is -0.508 e. The number of rotatable bonds is 3. The average molecular weight is 190 g/mol. The Morgan fingerprint density at radius 1 is 1.29 bits per heavy atom. The van der Waals surface area contributed by atoms with Crippen molar-refractivity contribution in [3.05, 3.63) is 48.1 Å². The Kier molecular flexibility index (Phi) is 3.07. The van der Waals surface area contributed by atoms with Crippen LogP contribution >= 0.6 is 0 Å². The van der Waals surface area contributed by atoms with Crippen LogP contribution in [0.5, 0.6) is 5.75 Å². The largest absolute Gasteiger partial charge is 0.508 e. The number of carboxylic acid groups (broad SMARTS) is 1. The van der Waals surface area contributed by atoms with Crippen LogP contribution in [0.1, 0.15) is 5.56 Å². The summed E-state index contributed by atoms with van der Waals surface area (Å²) in [7, 11) is 0. The number of aromatic hydroxyl groups is 1. The molecule has 14 heavy (non-hydrogen) atoms. The highest BCUT2D eigenvalue weighted by Gasteiger charge is 1.97. The van der Waals surface area contributed by atoms with Gasteiger partial charge in [0.2, 0.25) is 0 Å². The van der Waals surface area contributed by atoms with E-state index in [2.05, 4.69) is 6.58 Å². The number of carbonyl (C=O) groups is 1. The lowest BCUT2D eigenvalue weighted by molar-refractivity contribution is -0.132. The minimum atomic E-state index is -1.04.